The van der Waals surface area contributed by atoms with Gasteiger partial charge in [-0.05, 0) is 17.7 Å². The zero-order valence-corrected chi connectivity index (χ0v) is 14.5. The fourth-order valence-corrected chi connectivity index (χ4v) is 5.55. The van der Waals surface area contributed by atoms with Crippen LogP contribution < -0.4 is 0 Å². The van der Waals surface area contributed by atoms with Gasteiger partial charge in [-0.25, -0.2) is 8.42 Å². The van der Waals surface area contributed by atoms with Crippen LogP contribution in [0, 0.1) is 0 Å². The summed E-state index contributed by atoms with van der Waals surface area (Å²) in [5.41, 5.74) is -12.3. The summed E-state index contributed by atoms with van der Waals surface area (Å²) in [6.45, 7) is 3.32. The van der Waals surface area contributed by atoms with Gasteiger partial charge in [0.25, 0.3) is 10.0 Å². The Hall–Kier alpha value is -1.65. The molecule has 16 heteroatoms. The van der Waals surface area contributed by atoms with Crippen LogP contribution in [0.2, 0.25) is 0 Å². The van der Waals surface area contributed by atoms with E-state index in [1.807, 2.05) is 3.77 Å². The normalized spacial score (nSPS) is 15.9. The summed E-state index contributed by atoms with van der Waals surface area (Å²) >= 11 is 0. The quantitative estimate of drug-likeness (QED) is 0.647. The molecule has 0 aliphatic rings. The Bertz CT molecular complexity index is 1020. The molecule has 1 aromatic carbocycles. The highest BCUT2D eigenvalue weighted by Gasteiger charge is 2.46. The second kappa shape index (κ2) is 6.82. The molecule has 0 radical (unpaired) electrons. The van der Waals surface area contributed by atoms with E-state index in [0.29, 0.717) is 17.7 Å². The van der Waals surface area contributed by atoms with Crippen molar-refractivity contribution in [2.45, 2.75) is 15.9 Å². The standard InChI is InChI=1S/C10H7F6N2O5S3/c1-2-7-3-5-8(6-4-7)24(19,20)17-25(21,9(11,12)13)18-26(22,23)10(14,15)16/h2-6H,1H2/q-1. The summed E-state index contributed by atoms with van der Waals surface area (Å²) in [4.78, 5) is -0.986. The summed E-state index contributed by atoms with van der Waals surface area (Å²) in [6, 6.07) is 3.50. The minimum Gasteiger partial charge on any atom is -0.438 e. The second-order valence-electron chi connectivity index (χ2n) is 4.26. The van der Waals surface area contributed by atoms with Crippen LogP contribution in [0.1, 0.15) is 5.56 Å². The summed E-state index contributed by atoms with van der Waals surface area (Å²) in [7, 11) is -19.2. The van der Waals surface area contributed by atoms with Crippen molar-refractivity contribution in [3.63, 3.8) is 0 Å². The number of nitrogens with zero attached hydrogens (tertiary/aromatic N) is 2. The van der Waals surface area contributed by atoms with Crippen LogP contribution >= 0.6 is 0 Å². The van der Waals surface area contributed by atoms with Crippen molar-refractivity contribution in [3.8, 4) is 0 Å². The summed E-state index contributed by atoms with van der Waals surface area (Å²) in [5.74, 6) is 0. The number of hydrogen-bond donors (Lipinski definition) is 0. The molecule has 0 amide bonds. The molecule has 0 fully saturated rings. The van der Waals surface area contributed by atoms with Gasteiger partial charge in [-0.1, -0.05) is 24.8 Å². The Kier molecular flexibility index (Phi) is 5.87. The molecule has 0 saturated heterocycles. The van der Waals surface area contributed by atoms with Crippen LogP contribution in [0.4, 0.5) is 26.3 Å². The second-order valence-corrected chi connectivity index (χ2v) is 9.74. The van der Waals surface area contributed by atoms with Crippen molar-refractivity contribution >= 4 is 36.0 Å². The molecule has 0 aliphatic heterocycles. The zero-order valence-electron chi connectivity index (χ0n) is 12.0. The van der Waals surface area contributed by atoms with Gasteiger partial charge in [-0.3, -0.25) is 4.21 Å². The van der Waals surface area contributed by atoms with Crippen molar-refractivity contribution in [2.24, 2.45) is 3.77 Å². The molecule has 0 saturated carbocycles. The smallest absolute Gasteiger partial charge is 0.438 e. The molecule has 148 valence electrons. The van der Waals surface area contributed by atoms with Gasteiger partial charge >= 0.3 is 11.0 Å². The van der Waals surface area contributed by atoms with Crippen LogP contribution in [0.3, 0.4) is 0 Å². The first-order chi connectivity index (χ1) is 11.5. The Morgan fingerprint density at radius 1 is 0.885 bits per heavy atom. The van der Waals surface area contributed by atoms with Gasteiger partial charge in [-0.15, -0.1) is 3.77 Å². The number of hydrogen-bond acceptors (Lipinski definition) is 5. The average Bonchev–Trinajstić information content (AvgIpc) is 2.43. The van der Waals surface area contributed by atoms with Crippen molar-refractivity contribution in [2.75, 3.05) is 0 Å². The zero-order chi connectivity index (χ0) is 20.6. The van der Waals surface area contributed by atoms with Gasteiger partial charge in [0.15, 0.2) is 10.0 Å². The molecule has 0 aliphatic carbocycles. The minimum absolute atomic E-state index is 0.324. The third-order valence-corrected chi connectivity index (χ3v) is 7.65. The highest BCUT2D eigenvalue weighted by molar-refractivity contribution is 8.16. The Balaban J connectivity index is 3.63. The lowest BCUT2D eigenvalue weighted by atomic mass is 10.2. The lowest BCUT2D eigenvalue weighted by Crippen LogP contribution is -2.30. The minimum atomic E-state index is -6.95. The van der Waals surface area contributed by atoms with Crippen LogP contribution in [0.5, 0.6) is 0 Å². The first-order valence-corrected chi connectivity index (χ1v) is 10.2. The third kappa shape index (κ3) is 4.74. The van der Waals surface area contributed by atoms with Crippen LogP contribution in [-0.4, -0.2) is 32.1 Å². The average molecular weight is 445 g/mol. The lowest BCUT2D eigenvalue weighted by molar-refractivity contribution is -0.0432. The fourth-order valence-electron chi connectivity index (χ4n) is 1.23. The summed E-state index contributed by atoms with van der Waals surface area (Å²) in [5, 5.41) is 0. The molecule has 7 nitrogen and oxygen atoms in total. The molecule has 26 heavy (non-hydrogen) atoms. The number of rotatable bonds is 5. The van der Waals surface area contributed by atoms with E-state index in [0.717, 1.165) is 12.1 Å². The van der Waals surface area contributed by atoms with Crippen molar-refractivity contribution < 1.29 is 47.4 Å². The predicted molar refractivity (Wildman–Crippen MR) is 78.7 cm³/mol. The highest BCUT2D eigenvalue weighted by atomic mass is 32.3. The highest BCUT2D eigenvalue weighted by Crippen LogP contribution is 2.39. The molecule has 0 bridgehead atoms. The summed E-state index contributed by atoms with van der Waals surface area (Å²) in [6.07, 6.45) is 1.23. The monoisotopic (exact) mass is 445 g/mol. The van der Waals surface area contributed by atoms with E-state index in [-0.39, 0.29) is 0 Å². The van der Waals surface area contributed by atoms with Gasteiger partial charge in [-0.2, -0.15) is 34.8 Å². The van der Waals surface area contributed by atoms with Crippen LogP contribution in [0.25, 0.3) is 10.2 Å². The Labute approximate surface area is 144 Å². The van der Waals surface area contributed by atoms with E-state index in [2.05, 4.69) is 6.58 Å². The topological polar surface area (TPSA) is 112 Å². The molecular formula is C10H7F6N2O5S3-. The molecule has 1 aromatic rings. The molecule has 0 spiro atoms. The third-order valence-electron chi connectivity index (χ3n) is 2.41. The van der Waals surface area contributed by atoms with Crippen molar-refractivity contribution in [3.05, 3.63) is 40.5 Å². The maximum Gasteiger partial charge on any atom is 0.480 e. The molecule has 1 rings (SSSR count). The molecule has 1 atom stereocenters. The van der Waals surface area contributed by atoms with Gasteiger partial charge < -0.3 is 4.13 Å². The molecular weight excluding hydrogens is 438 g/mol. The first kappa shape index (κ1) is 22.4. The van der Waals surface area contributed by atoms with E-state index in [1.165, 1.54) is 10.2 Å². The first-order valence-electron chi connectivity index (χ1n) is 5.83. The SMILES string of the molecule is C=Cc1ccc(S(=O)(=O)N=S(=O)([N-]S(=O)(=O)C(F)(F)F)C(F)(F)F)cc1. The van der Waals surface area contributed by atoms with Gasteiger partial charge in [0.05, 0.1) is 14.8 Å². The maximum absolute atomic E-state index is 12.8. The maximum atomic E-state index is 12.8. The number of benzene rings is 1. The van der Waals surface area contributed by atoms with Gasteiger partial charge in [0, 0.05) is 0 Å². The van der Waals surface area contributed by atoms with Gasteiger partial charge in [0.1, 0.15) is 0 Å². The number of halogens is 6. The van der Waals surface area contributed by atoms with E-state index in [1.54, 1.807) is 0 Å². The van der Waals surface area contributed by atoms with E-state index in [9.17, 15) is 47.4 Å². The fraction of sp³-hybridized carbons (Fsp3) is 0.200. The predicted octanol–water partition coefficient (Wildman–Crippen LogP) is 3.14. The molecule has 0 heterocycles. The summed E-state index contributed by atoms with van der Waals surface area (Å²) < 4.78 is 135. The lowest BCUT2D eigenvalue weighted by Gasteiger charge is -2.27. The van der Waals surface area contributed by atoms with Crippen LogP contribution in [-0.2, 0) is 30.0 Å². The molecule has 1 unspecified atom stereocenters. The van der Waals surface area contributed by atoms with E-state index >= 15 is 0 Å². The van der Waals surface area contributed by atoms with Gasteiger partial charge in [0.2, 0.25) is 0 Å². The Morgan fingerprint density at radius 2 is 1.35 bits per heavy atom. The van der Waals surface area contributed by atoms with Crippen molar-refractivity contribution in [1.82, 2.24) is 0 Å². The van der Waals surface area contributed by atoms with E-state index < -0.39 is 45.9 Å². The van der Waals surface area contributed by atoms with Crippen molar-refractivity contribution in [1.29, 1.82) is 0 Å². The number of sulfonamides is 2. The number of alkyl halides is 6. The Morgan fingerprint density at radius 3 is 1.69 bits per heavy atom. The van der Waals surface area contributed by atoms with E-state index in [4.69, 9.17) is 0 Å². The van der Waals surface area contributed by atoms with Crippen LogP contribution in [0.15, 0.2) is 39.5 Å². The largest absolute Gasteiger partial charge is 0.480 e. The molecule has 0 aromatic heterocycles. The molecule has 0 N–H and O–H groups in total.